The van der Waals surface area contributed by atoms with Gasteiger partial charge in [0.25, 0.3) is 0 Å². The van der Waals surface area contributed by atoms with Crippen molar-refractivity contribution >= 4 is 24.8 Å². The van der Waals surface area contributed by atoms with Crippen molar-refractivity contribution < 1.29 is 0 Å². The molecule has 3 heteroatoms. The Morgan fingerprint density at radius 2 is 1.08 bits per heavy atom. The van der Waals surface area contributed by atoms with Crippen molar-refractivity contribution in [2.45, 2.75) is 58.3 Å². The normalized spacial score (nSPS) is 8.77. The third kappa shape index (κ3) is 19.1. The Morgan fingerprint density at radius 1 is 0.692 bits per heavy atom. The number of hydrogen-bond acceptors (Lipinski definition) is 1. The monoisotopic (exact) mass is 229 g/mol. The summed E-state index contributed by atoms with van der Waals surface area (Å²) in [5.41, 5.74) is 5.39. The molecular formula is C10H25Cl2N. The lowest BCUT2D eigenvalue weighted by Gasteiger charge is -1.99. The van der Waals surface area contributed by atoms with Crippen molar-refractivity contribution in [3.63, 3.8) is 0 Å². The lowest BCUT2D eigenvalue weighted by Crippen LogP contribution is -1.97. The van der Waals surface area contributed by atoms with E-state index in [2.05, 4.69) is 6.92 Å². The van der Waals surface area contributed by atoms with E-state index in [0.29, 0.717) is 0 Å². The van der Waals surface area contributed by atoms with Crippen LogP contribution in [0.15, 0.2) is 0 Å². The summed E-state index contributed by atoms with van der Waals surface area (Å²) in [6.07, 6.45) is 11.0. The van der Waals surface area contributed by atoms with Gasteiger partial charge in [-0.3, -0.25) is 0 Å². The van der Waals surface area contributed by atoms with Gasteiger partial charge in [0.1, 0.15) is 0 Å². The van der Waals surface area contributed by atoms with Crippen molar-refractivity contribution in [3.8, 4) is 0 Å². The molecule has 0 radical (unpaired) electrons. The maximum atomic E-state index is 5.39. The van der Waals surface area contributed by atoms with E-state index in [0.717, 1.165) is 6.54 Å². The van der Waals surface area contributed by atoms with Crippen LogP contribution in [-0.2, 0) is 0 Å². The molecule has 0 atom stereocenters. The van der Waals surface area contributed by atoms with Crippen molar-refractivity contribution in [2.24, 2.45) is 5.73 Å². The third-order valence-corrected chi connectivity index (χ3v) is 2.06. The Balaban J connectivity index is -0.000000500. The Bertz CT molecular complexity index is 61.9. The first kappa shape index (κ1) is 19.2. The van der Waals surface area contributed by atoms with Crippen LogP contribution in [0.4, 0.5) is 0 Å². The third-order valence-electron chi connectivity index (χ3n) is 2.06. The zero-order valence-corrected chi connectivity index (χ0v) is 10.4. The molecule has 0 aromatic heterocycles. The molecule has 0 aliphatic rings. The lowest BCUT2D eigenvalue weighted by molar-refractivity contribution is 0.578. The molecule has 84 valence electrons. The minimum atomic E-state index is 0. The summed E-state index contributed by atoms with van der Waals surface area (Å²) in [4.78, 5) is 0. The van der Waals surface area contributed by atoms with Gasteiger partial charge in [0, 0.05) is 0 Å². The Labute approximate surface area is 95.7 Å². The first-order valence-electron chi connectivity index (χ1n) is 5.12. The van der Waals surface area contributed by atoms with Crippen LogP contribution >= 0.6 is 24.8 Å². The number of unbranched alkanes of at least 4 members (excludes halogenated alkanes) is 7. The van der Waals surface area contributed by atoms with E-state index < -0.39 is 0 Å². The van der Waals surface area contributed by atoms with E-state index >= 15 is 0 Å². The average Bonchev–Trinajstić information content (AvgIpc) is 2.03. The second kappa shape index (κ2) is 18.3. The second-order valence-corrected chi connectivity index (χ2v) is 3.26. The molecule has 0 bridgehead atoms. The average molecular weight is 230 g/mol. The van der Waals surface area contributed by atoms with Crippen LogP contribution in [0.2, 0.25) is 0 Å². The zero-order valence-electron chi connectivity index (χ0n) is 8.76. The highest BCUT2D eigenvalue weighted by Crippen LogP contribution is 2.07. The van der Waals surface area contributed by atoms with Gasteiger partial charge in [-0.2, -0.15) is 0 Å². The van der Waals surface area contributed by atoms with Crippen LogP contribution < -0.4 is 5.73 Å². The maximum absolute atomic E-state index is 5.39. The van der Waals surface area contributed by atoms with Gasteiger partial charge in [0.2, 0.25) is 0 Å². The quantitative estimate of drug-likeness (QED) is 0.628. The van der Waals surface area contributed by atoms with Gasteiger partial charge in [-0.15, -0.1) is 24.8 Å². The fraction of sp³-hybridized carbons (Fsp3) is 1.00. The fourth-order valence-electron chi connectivity index (χ4n) is 1.28. The first-order chi connectivity index (χ1) is 5.41. The highest BCUT2D eigenvalue weighted by Gasteiger charge is 1.89. The zero-order chi connectivity index (χ0) is 8.36. The van der Waals surface area contributed by atoms with Crippen molar-refractivity contribution in [1.29, 1.82) is 0 Å². The van der Waals surface area contributed by atoms with Gasteiger partial charge in [-0.25, -0.2) is 0 Å². The van der Waals surface area contributed by atoms with Gasteiger partial charge >= 0.3 is 0 Å². The summed E-state index contributed by atoms with van der Waals surface area (Å²) in [6, 6.07) is 0. The smallest absolute Gasteiger partial charge is 0.00773 e. The SMILES string of the molecule is CCCCCCCCCCN.Cl.Cl. The van der Waals surface area contributed by atoms with Crippen LogP contribution in [0.5, 0.6) is 0 Å². The van der Waals surface area contributed by atoms with Crippen molar-refractivity contribution in [1.82, 2.24) is 0 Å². The molecule has 0 spiro atoms. The Morgan fingerprint density at radius 3 is 1.46 bits per heavy atom. The second-order valence-electron chi connectivity index (χ2n) is 3.26. The molecule has 0 heterocycles. The summed E-state index contributed by atoms with van der Waals surface area (Å²) < 4.78 is 0. The highest BCUT2D eigenvalue weighted by molar-refractivity contribution is 5.85. The highest BCUT2D eigenvalue weighted by atomic mass is 35.5. The maximum Gasteiger partial charge on any atom is -0.00773 e. The minimum Gasteiger partial charge on any atom is -0.330 e. The number of halogens is 2. The van der Waals surface area contributed by atoms with Gasteiger partial charge in [0.15, 0.2) is 0 Å². The summed E-state index contributed by atoms with van der Waals surface area (Å²) in [5, 5.41) is 0. The van der Waals surface area contributed by atoms with Crippen LogP contribution in [0.1, 0.15) is 58.3 Å². The molecule has 0 amide bonds. The standard InChI is InChI=1S/C10H23N.2ClH/c1-2-3-4-5-6-7-8-9-10-11;;/h2-11H2,1H3;2*1H. The lowest BCUT2D eigenvalue weighted by atomic mass is 10.1. The molecule has 0 saturated heterocycles. The Kier molecular flexibility index (Phi) is 27.1. The molecule has 13 heavy (non-hydrogen) atoms. The van der Waals surface area contributed by atoms with E-state index in [1.165, 1.54) is 51.4 Å². The first-order valence-corrected chi connectivity index (χ1v) is 5.12. The van der Waals surface area contributed by atoms with E-state index in [4.69, 9.17) is 5.73 Å². The molecule has 2 N–H and O–H groups in total. The van der Waals surface area contributed by atoms with Gasteiger partial charge in [-0.1, -0.05) is 51.9 Å². The van der Waals surface area contributed by atoms with Crippen molar-refractivity contribution in [3.05, 3.63) is 0 Å². The van der Waals surface area contributed by atoms with Crippen LogP contribution in [-0.4, -0.2) is 6.54 Å². The molecule has 0 aliphatic carbocycles. The molecule has 0 saturated carbocycles. The van der Waals surface area contributed by atoms with Crippen LogP contribution in [0.3, 0.4) is 0 Å². The van der Waals surface area contributed by atoms with Crippen molar-refractivity contribution in [2.75, 3.05) is 6.54 Å². The molecule has 1 nitrogen and oxygen atoms in total. The predicted molar refractivity (Wildman–Crippen MR) is 66.2 cm³/mol. The van der Waals surface area contributed by atoms with Crippen LogP contribution in [0, 0.1) is 0 Å². The predicted octanol–water partition coefficient (Wildman–Crippen LogP) is 3.93. The molecule has 0 aromatic carbocycles. The molecule has 0 aromatic rings. The molecule has 0 rings (SSSR count). The largest absolute Gasteiger partial charge is 0.330 e. The van der Waals surface area contributed by atoms with E-state index in [-0.39, 0.29) is 24.8 Å². The van der Waals surface area contributed by atoms with Crippen LogP contribution in [0.25, 0.3) is 0 Å². The molecule has 0 aliphatic heterocycles. The van der Waals surface area contributed by atoms with Gasteiger partial charge in [0.05, 0.1) is 0 Å². The summed E-state index contributed by atoms with van der Waals surface area (Å²) in [5.74, 6) is 0. The van der Waals surface area contributed by atoms with Gasteiger partial charge in [-0.05, 0) is 13.0 Å². The molecule has 0 fully saturated rings. The van der Waals surface area contributed by atoms with Gasteiger partial charge < -0.3 is 5.73 Å². The summed E-state index contributed by atoms with van der Waals surface area (Å²) >= 11 is 0. The summed E-state index contributed by atoms with van der Waals surface area (Å²) in [6.45, 7) is 3.13. The summed E-state index contributed by atoms with van der Waals surface area (Å²) in [7, 11) is 0. The number of rotatable bonds is 8. The van der Waals surface area contributed by atoms with E-state index in [1.54, 1.807) is 0 Å². The number of nitrogens with two attached hydrogens (primary N) is 1. The topological polar surface area (TPSA) is 26.0 Å². The van der Waals surface area contributed by atoms with E-state index in [9.17, 15) is 0 Å². The minimum absolute atomic E-state index is 0. The van der Waals surface area contributed by atoms with E-state index in [1.807, 2.05) is 0 Å². The Hall–Kier alpha value is 0.540. The number of hydrogen-bond donors (Lipinski definition) is 1. The fourth-order valence-corrected chi connectivity index (χ4v) is 1.28. The molecule has 0 unspecified atom stereocenters. The molecular weight excluding hydrogens is 205 g/mol.